The van der Waals surface area contributed by atoms with Gasteiger partial charge in [-0.05, 0) is 37.9 Å². The van der Waals surface area contributed by atoms with Crippen LogP contribution in [0.4, 0.5) is 5.69 Å². The summed E-state index contributed by atoms with van der Waals surface area (Å²) in [5, 5.41) is 11.6. The first-order chi connectivity index (χ1) is 8.77. The summed E-state index contributed by atoms with van der Waals surface area (Å²) in [6, 6.07) is 7.33. The molecule has 4 N–H and O–H groups in total. The number of hydrogen-bond donors (Lipinski definition) is 3. The summed E-state index contributed by atoms with van der Waals surface area (Å²) in [6.45, 7) is 4.76. The molecule has 0 aliphatic heterocycles. The van der Waals surface area contributed by atoms with Crippen LogP contribution in [0.25, 0.3) is 0 Å². The van der Waals surface area contributed by atoms with Crippen LogP contribution < -0.4 is 16.2 Å². The third-order valence-corrected chi connectivity index (χ3v) is 2.81. The van der Waals surface area contributed by atoms with Crippen molar-refractivity contribution < 1.29 is 5.11 Å². The molecule has 1 aromatic carbocycles. The number of unbranched alkanes of at least 4 members (excludes halogenated alkanes) is 2. The van der Waals surface area contributed by atoms with Crippen molar-refractivity contribution >= 4 is 5.69 Å². The van der Waals surface area contributed by atoms with Crippen LogP contribution in [0, 0.1) is 0 Å². The van der Waals surface area contributed by atoms with Crippen molar-refractivity contribution in [2.24, 2.45) is 5.73 Å². The molecule has 1 aromatic rings. The third-order valence-electron chi connectivity index (χ3n) is 2.81. The molecule has 0 aliphatic carbocycles. The highest BCUT2D eigenvalue weighted by molar-refractivity contribution is 5.49. The lowest BCUT2D eigenvalue weighted by Gasteiger charge is -2.25. The lowest BCUT2D eigenvalue weighted by Crippen LogP contribution is -2.39. The Morgan fingerprint density at radius 2 is 2.11 bits per heavy atom. The second-order valence-corrected chi connectivity index (χ2v) is 4.43. The summed E-state index contributed by atoms with van der Waals surface area (Å²) < 4.78 is 0. The van der Waals surface area contributed by atoms with Crippen LogP contribution in [0.5, 0.6) is 5.75 Å². The minimum Gasteiger partial charge on any atom is -0.508 e. The van der Waals surface area contributed by atoms with E-state index in [1.807, 2.05) is 12.1 Å². The number of hydrazine groups is 1. The highest BCUT2D eigenvalue weighted by Gasteiger charge is 2.05. The van der Waals surface area contributed by atoms with Crippen molar-refractivity contribution in [2.75, 3.05) is 24.6 Å². The van der Waals surface area contributed by atoms with Gasteiger partial charge in [-0.3, -0.25) is 0 Å². The summed E-state index contributed by atoms with van der Waals surface area (Å²) >= 11 is 0. The van der Waals surface area contributed by atoms with Crippen molar-refractivity contribution in [3.05, 3.63) is 24.3 Å². The predicted molar refractivity (Wildman–Crippen MR) is 76.7 cm³/mol. The third kappa shape index (κ3) is 5.38. The molecule has 1 rings (SSSR count). The zero-order valence-corrected chi connectivity index (χ0v) is 11.2. The standard InChI is InChI=1S/C14H25N3O/c1-2-3-10-16-17(11-5-4-9-15)13-7-6-8-14(18)12-13/h6-8,12,16,18H,2-5,9-11,15H2,1H3. The summed E-state index contributed by atoms with van der Waals surface area (Å²) in [5.41, 5.74) is 9.93. The number of aromatic hydroxyl groups is 1. The van der Waals surface area contributed by atoms with E-state index in [0.29, 0.717) is 5.75 Å². The Morgan fingerprint density at radius 1 is 1.28 bits per heavy atom. The highest BCUT2D eigenvalue weighted by atomic mass is 16.3. The number of nitrogens with zero attached hydrogens (tertiary/aromatic N) is 1. The smallest absolute Gasteiger partial charge is 0.117 e. The number of nitrogens with one attached hydrogen (secondary N) is 1. The average Bonchev–Trinajstić information content (AvgIpc) is 2.37. The second-order valence-electron chi connectivity index (χ2n) is 4.43. The molecule has 0 aliphatic rings. The fourth-order valence-electron chi connectivity index (χ4n) is 1.77. The molecule has 18 heavy (non-hydrogen) atoms. The number of anilines is 1. The lowest BCUT2D eigenvalue weighted by molar-refractivity contribution is 0.474. The minimum atomic E-state index is 0.300. The van der Waals surface area contributed by atoms with Crippen LogP contribution in [-0.2, 0) is 0 Å². The van der Waals surface area contributed by atoms with Crippen LogP contribution in [0.15, 0.2) is 24.3 Å². The number of phenolic OH excluding ortho intramolecular Hbond substituents is 1. The molecule has 102 valence electrons. The number of benzene rings is 1. The van der Waals surface area contributed by atoms with E-state index >= 15 is 0 Å². The van der Waals surface area contributed by atoms with E-state index < -0.39 is 0 Å². The summed E-state index contributed by atoms with van der Waals surface area (Å²) in [6.07, 6.45) is 4.38. The molecule has 0 spiro atoms. The summed E-state index contributed by atoms with van der Waals surface area (Å²) in [5.74, 6) is 0.300. The van der Waals surface area contributed by atoms with E-state index in [1.165, 1.54) is 6.42 Å². The van der Waals surface area contributed by atoms with Gasteiger partial charge >= 0.3 is 0 Å². The van der Waals surface area contributed by atoms with Crippen molar-refractivity contribution in [1.29, 1.82) is 0 Å². The predicted octanol–water partition coefficient (Wildman–Crippen LogP) is 2.24. The molecule has 0 atom stereocenters. The molecular formula is C14H25N3O. The molecule has 0 aromatic heterocycles. The van der Waals surface area contributed by atoms with Gasteiger partial charge in [-0.25, -0.2) is 5.43 Å². The molecule has 0 heterocycles. The molecule has 0 unspecified atom stereocenters. The molecule has 0 radical (unpaired) electrons. The van der Waals surface area contributed by atoms with E-state index in [-0.39, 0.29) is 0 Å². The van der Waals surface area contributed by atoms with Crippen molar-refractivity contribution in [3.8, 4) is 5.75 Å². The number of phenols is 1. The van der Waals surface area contributed by atoms with E-state index in [4.69, 9.17) is 5.73 Å². The van der Waals surface area contributed by atoms with Crippen LogP contribution in [0.1, 0.15) is 32.6 Å². The van der Waals surface area contributed by atoms with Gasteiger partial charge in [0.25, 0.3) is 0 Å². The molecule has 0 fully saturated rings. The topological polar surface area (TPSA) is 61.5 Å². The first-order valence-electron chi connectivity index (χ1n) is 6.78. The van der Waals surface area contributed by atoms with E-state index in [0.717, 1.165) is 44.6 Å². The molecule has 0 saturated carbocycles. The number of rotatable bonds is 9. The normalized spacial score (nSPS) is 10.6. The Balaban J connectivity index is 2.57. The minimum absolute atomic E-state index is 0.300. The largest absolute Gasteiger partial charge is 0.508 e. The quantitative estimate of drug-likeness (QED) is 0.465. The lowest BCUT2D eigenvalue weighted by atomic mass is 10.2. The van der Waals surface area contributed by atoms with Crippen molar-refractivity contribution in [3.63, 3.8) is 0 Å². The first-order valence-corrected chi connectivity index (χ1v) is 6.78. The number of nitrogens with two attached hydrogens (primary N) is 1. The van der Waals surface area contributed by atoms with Crippen LogP contribution in [-0.4, -0.2) is 24.7 Å². The Morgan fingerprint density at radius 3 is 2.78 bits per heavy atom. The van der Waals surface area contributed by atoms with Crippen molar-refractivity contribution in [1.82, 2.24) is 5.43 Å². The van der Waals surface area contributed by atoms with Crippen LogP contribution >= 0.6 is 0 Å². The summed E-state index contributed by atoms with van der Waals surface area (Å²) in [7, 11) is 0. The monoisotopic (exact) mass is 251 g/mol. The highest BCUT2D eigenvalue weighted by Crippen LogP contribution is 2.19. The van der Waals surface area contributed by atoms with Gasteiger partial charge in [-0.2, -0.15) is 0 Å². The molecule has 0 bridgehead atoms. The van der Waals surface area contributed by atoms with E-state index in [2.05, 4.69) is 17.4 Å². The van der Waals surface area contributed by atoms with Crippen LogP contribution in [0.3, 0.4) is 0 Å². The zero-order valence-electron chi connectivity index (χ0n) is 11.2. The van der Waals surface area contributed by atoms with Gasteiger partial charge in [0.2, 0.25) is 0 Å². The first kappa shape index (κ1) is 14.8. The summed E-state index contributed by atoms with van der Waals surface area (Å²) in [4.78, 5) is 0. The van der Waals surface area contributed by atoms with E-state index in [1.54, 1.807) is 12.1 Å². The van der Waals surface area contributed by atoms with E-state index in [9.17, 15) is 5.11 Å². The van der Waals surface area contributed by atoms with Crippen LogP contribution in [0.2, 0.25) is 0 Å². The van der Waals surface area contributed by atoms with Gasteiger partial charge < -0.3 is 15.8 Å². The van der Waals surface area contributed by atoms with Gasteiger partial charge in [0.05, 0.1) is 5.69 Å². The fourth-order valence-corrected chi connectivity index (χ4v) is 1.77. The second kappa shape index (κ2) is 8.78. The fraction of sp³-hybridized carbons (Fsp3) is 0.571. The molecule has 0 amide bonds. The molecular weight excluding hydrogens is 226 g/mol. The van der Waals surface area contributed by atoms with Gasteiger partial charge in [-0.1, -0.05) is 19.4 Å². The molecule has 0 saturated heterocycles. The Hall–Kier alpha value is -1.26. The Kier molecular flexibility index (Phi) is 7.22. The maximum Gasteiger partial charge on any atom is 0.117 e. The maximum absolute atomic E-state index is 9.53. The zero-order chi connectivity index (χ0) is 13.2. The SMILES string of the molecule is CCCCNN(CCCCN)c1cccc(O)c1. The molecule has 4 heteroatoms. The van der Waals surface area contributed by atoms with Gasteiger partial charge in [0.1, 0.15) is 5.75 Å². The van der Waals surface area contributed by atoms with Crippen molar-refractivity contribution in [2.45, 2.75) is 32.6 Å². The van der Waals surface area contributed by atoms with Gasteiger partial charge in [0, 0.05) is 19.2 Å². The Bertz CT molecular complexity index is 321. The average molecular weight is 251 g/mol. The Labute approximate surface area is 110 Å². The molecule has 4 nitrogen and oxygen atoms in total. The maximum atomic E-state index is 9.53. The number of hydrogen-bond acceptors (Lipinski definition) is 4. The van der Waals surface area contributed by atoms with Gasteiger partial charge in [-0.15, -0.1) is 0 Å². The van der Waals surface area contributed by atoms with Gasteiger partial charge in [0.15, 0.2) is 0 Å².